The number of pyridine rings is 1. The number of benzene rings is 2. The van der Waals surface area contributed by atoms with Crippen LogP contribution in [0, 0.1) is 13.8 Å². The van der Waals surface area contributed by atoms with Crippen molar-refractivity contribution in [2.45, 2.75) is 26.2 Å². The van der Waals surface area contributed by atoms with Crippen LogP contribution in [0.15, 0.2) is 65.9 Å². The summed E-state index contributed by atoms with van der Waals surface area (Å²) in [6, 6.07) is 16.6. The molecule has 0 spiro atoms. The first-order chi connectivity index (χ1) is 13.0. The van der Waals surface area contributed by atoms with E-state index in [1.165, 1.54) is 0 Å². The van der Waals surface area contributed by atoms with Gasteiger partial charge >= 0.3 is 0 Å². The zero-order valence-electron chi connectivity index (χ0n) is 15.2. The summed E-state index contributed by atoms with van der Waals surface area (Å²) in [4.78, 5) is 4.21. The third-order valence-electron chi connectivity index (χ3n) is 4.65. The Morgan fingerprint density at radius 1 is 1.07 bits per heavy atom. The van der Waals surface area contributed by atoms with Gasteiger partial charge in [-0.05, 0) is 66.9 Å². The molecule has 0 fully saturated rings. The van der Waals surface area contributed by atoms with Crippen LogP contribution in [0.2, 0.25) is 5.02 Å². The Labute approximate surface area is 163 Å². The lowest BCUT2D eigenvalue weighted by Crippen LogP contribution is -2.12. The highest BCUT2D eigenvalue weighted by Crippen LogP contribution is 2.33. The van der Waals surface area contributed by atoms with Crippen molar-refractivity contribution in [3.8, 4) is 5.75 Å². The highest BCUT2D eigenvalue weighted by molar-refractivity contribution is 6.30. The van der Waals surface area contributed by atoms with Gasteiger partial charge in [0.15, 0.2) is 0 Å². The smallest absolute Gasteiger partial charge is 0.115 e. The lowest BCUT2D eigenvalue weighted by atomic mass is 9.83. The van der Waals surface area contributed by atoms with Crippen molar-refractivity contribution in [3.05, 3.63) is 93.8 Å². The first-order valence-corrected chi connectivity index (χ1v) is 9.04. The van der Waals surface area contributed by atoms with Gasteiger partial charge in [-0.3, -0.25) is 4.98 Å². The highest BCUT2D eigenvalue weighted by atomic mass is 35.5. The van der Waals surface area contributed by atoms with E-state index in [0.717, 1.165) is 27.9 Å². The number of phenolic OH excluding ortho intramolecular Hbond substituents is 1. The third-order valence-corrected chi connectivity index (χ3v) is 4.89. The SMILES string of the molecule is Cc1cc(/C(C[C@@H](c2ccc(O)cc2)c2ccc(Cl)cc2C)=N\O)ccn1. The van der Waals surface area contributed by atoms with Crippen LogP contribution in [0.25, 0.3) is 0 Å². The van der Waals surface area contributed by atoms with Crippen molar-refractivity contribution in [2.24, 2.45) is 5.16 Å². The lowest BCUT2D eigenvalue weighted by Gasteiger charge is -2.21. The summed E-state index contributed by atoms with van der Waals surface area (Å²) in [6.45, 7) is 3.92. The minimum absolute atomic E-state index is 0.0535. The summed E-state index contributed by atoms with van der Waals surface area (Å²) in [6.07, 6.45) is 2.20. The number of aryl methyl sites for hydroxylation is 2. The average molecular weight is 381 g/mol. The lowest BCUT2D eigenvalue weighted by molar-refractivity contribution is 0.317. The number of hydrogen-bond acceptors (Lipinski definition) is 4. The van der Waals surface area contributed by atoms with Crippen molar-refractivity contribution in [3.63, 3.8) is 0 Å². The molecule has 138 valence electrons. The summed E-state index contributed by atoms with van der Waals surface area (Å²) in [5.41, 5.74) is 5.44. The van der Waals surface area contributed by atoms with Gasteiger partial charge in [0.1, 0.15) is 5.75 Å². The highest BCUT2D eigenvalue weighted by Gasteiger charge is 2.21. The molecule has 5 heteroatoms. The summed E-state index contributed by atoms with van der Waals surface area (Å²) in [5.74, 6) is 0.161. The molecule has 2 aromatic carbocycles. The largest absolute Gasteiger partial charge is 0.508 e. The third kappa shape index (κ3) is 4.47. The Morgan fingerprint density at radius 2 is 1.81 bits per heavy atom. The summed E-state index contributed by atoms with van der Waals surface area (Å²) >= 11 is 6.13. The molecule has 2 N–H and O–H groups in total. The Balaban J connectivity index is 2.05. The van der Waals surface area contributed by atoms with Crippen LogP contribution < -0.4 is 0 Å². The quantitative estimate of drug-likeness (QED) is 0.351. The monoisotopic (exact) mass is 380 g/mol. The van der Waals surface area contributed by atoms with Crippen molar-refractivity contribution in [1.29, 1.82) is 0 Å². The molecule has 0 aliphatic rings. The predicted molar refractivity (Wildman–Crippen MR) is 108 cm³/mol. The first-order valence-electron chi connectivity index (χ1n) is 8.67. The van der Waals surface area contributed by atoms with Gasteiger partial charge in [-0.1, -0.05) is 35.0 Å². The van der Waals surface area contributed by atoms with E-state index in [1.807, 2.05) is 56.3 Å². The molecule has 0 saturated carbocycles. The van der Waals surface area contributed by atoms with E-state index in [0.29, 0.717) is 17.2 Å². The van der Waals surface area contributed by atoms with Crippen LogP contribution in [0.5, 0.6) is 5.75 Å². The van der Waals surface area contributed by atoms with Crippen LogP contribution in [-0.2, 0) is 0 Å². The summed E-state index contributed by atoms with van der Waals surface area (Å²) in [7, 11) is 0. The maximum atomic E-state index is 9.68. The molecule has 1 atom stereocenters. The minimum Gasteiger partial charge on any atom is -0.508 e. The van der Waals surface area contributed by atoms with E-state index in [9.17, 15) is 10.3 Å². The number of oxime groups is 1. The number of aromatic hydroxyl groups is 1. The fourth-order valence-electron chi connectivity index (χ4n) is 3.28. The maximum Gasteiger partial charge on any atom is 0.115 e. The minimum atomic E-state index is -0.0535. The number of rotatable bonds is 5. The fourth-order valence-corrected chi connectivity index (χ4v) is 3.51. The topological polar surface area (TPSA) is 65.7 Å². The molecule has 0 aliphatic carbocycles. The molecule has 27 heavy (non-hydrogen) atoms. The molecule has 0 radical (unpaired) electrons. The molecule has 0 bridgehead atoms. The number of aromatic nitrogens is 1. The molecule has 0 amide bonds. The molecule has 3 rings (SSSR count). The van der Waals surface area contributed by atoms with Crippen molar-refractivity contribution >= 4 is 17.3 Å². The van der Waals surface area contributed by atoms with Gasteiger partial charge in [-0.25, -0.2) is 0 Å². The van der Waals surface area contributed by atoms with Gasteiger partial charge in [-0.2, -0.15) is 0 Å². The summed E-state index contributed by atoms with van der Waals surface area (Å²) in [5, 5.41) is 23.6. The molecular weight excluding hydrogens is 360 g/mol. The Morgan fingerprint density at radius 3 is 2.44 bits per heavy atom. The number of nitrogens with zero attached hydrogens (tertiary/aromatic N) is 2. The van der Waals surface area contributed by atoms with E-state index in [4.69, 9.17) is 11.6 Å². The van der Waals surface area contributed by atoms with Gasteiger partial charge in [0.25, 0.3) is 0 Å². The predicted octanol–water partition coefficient (Wildman–Crippen LogP) is 5.46. The number of phenols is 1. The van der Waals surface area contributed by atoms with E-state index >= 15 is 0 Å². The molecule has 4 nitrogen and oxygen atoms in total. The van der Waals surface area contributed by atoms with Crippen LogP contribution >= 0.6 is 11.6 Å². The second-order valence-corrected chi connectivity index (χ2v) is 7.02. The zero-order valence-corrected chi connectivity index (χ0v) is 16.0. The van der Waals surface area contributed by atoms with Gasteiger partial charge in [0, 0.05) is 34.8 Å². The van der Waals surface area contributed by atoms with Gasteiger partial charge in [0.05, 0.1) is 5.71 Å². The zero-order chi connectivity index (χ0) is 19.4. The van der Waals surface area contributed by atoms with E-state index in [1.54, 1.807) is 18.3 Å². The Kier molecular flexibility index (Phi) is 5.77. The maximum absolute atomic E-state index is 9.68. The van der Waals surface area contributed by atoms with Crippen molar-refractivity contribution < 1.29 is 10.3 Å². The van der Waals surface area contributed by atoms with E-state index in [2.05, 4.69) is 10.1 Å². The van der Waals surface area contributed by atoms with Crippen LogP contribution in [-0.4, -0.2) is 21.0 Å². The molecule has 3 aromatic rings. The van der Waals surface area contributed by atoms with Gasteiger partial charge in [0.2, 0.25) is 0 Å². The second kappa shape index (κ2) is 8.23. The molecule has 0 unspecified atom stereocenters. The standard InChI is InChI=1S/C22H21ClN2O2/c1-14-11-18(23)5-8-20(14)21(16-3-6-19(26)7-4-16)13-22(25-27)17-9-10-24-15(2)12-17/h3-12,21,26-27H,13H2,1-2H3/b25-22-/t21-/m0/s1. The average Bonchev–Trinajstić information content (AvgIpc) is 2.64. The van der Waals surface area contributed by atoms with Crippen LogP contribution in [0.3, 0.4) is 0 Å². The fraction of sp³-hybridized carbons (Fsp3) is 0.182. The normalized spacial score (nSPS) is 12.8. The van der Waals surface area contributed by atoms with E-state index < -0.39 is 0 Å². The number of hydrogen-bond donors (Lipinski definition) is 2. The van der Waals surface area contributed by atoms with Gasteiger partial charge in [-0.15, -0.1) is 0 Å². The second-order valence-electron chi connectivity index (χ2n) is 6.58. The molecular formula is C22H21ClN2O2. The molecule has 1 heterocycles. The molecule has 0 aliphatic heterocycles. The summed E-state index contributed by atoms with van der Waals surface area (Å²) < 4.78 is 0. The van der Waals surface area contributed by atoms with Gasteiger partial charge < -0.3 is 10.3 Å². The van der Waals surface area contributed by atoms with Crippen molar-refractivity contribution in [2.75, 3.05) is 0 Å². The van der Waals surface area contributed by atoms with Crippen LogP contribution in [0.4, 0.5) is 0 Å². The Hall–Kier alpha value is -2.85. The van der Waals surface area contributed by atoms with E-state index in [-0.39, 0.29) is 11.7 Å². The first kappa shape index (κ1) is 18.9. The molecule has 1 aromatic heterocycles. The molecule has 0 saturated heterocycles. The number of halogens is 1. The van der Waals surface area contributed by atoms with Crippen molar-refractivity contribution in [1.82, 2.24) is 4.98 Å². The Bertz CT molecular complexity index is 968. The van der Waals surface area contributed by atoms with Crippen LogP contribution in [0.1, 0.15) is 40.3 Å².